The van der Waals surface area contributed by atoms with E-state index in [-0.39, 0.29) is 11.7 Å². The number of amidine groups is 1. The largest absolute Gasteiger partial charge is 0.507 e. The minimum atomic E-state index is -0.0680. The summed E-state index contributed by atoms with van der Waals surface area (Å²) < 4.78 is 0. The van der Waals surface area contributed by atoms with Crippen molar-refractivity contribution in [3.8, 4) is 5.75 Å². The SMILES string of the molecule is O=C1CS/C(=N\N=C\c2ccccc2O)N1. The Bertz CT molecular complexity index is 471. The van der Waals surface area contributed by atoms with Crippen LogP contribution in [0.15, 0.2) is 34.5 Å². The van der Waals surface area contributed by atoms with Gasteiger partial charge in [0.2, 0.25) is 5.91 Å². The van der Waals surface area contributed by atoms with Crippen LogP contribution in [0, 0.1) is 0 Å². The number of phenolic OH excluding ortho intramolecular Hbond substituents is 1. The average molecular weight is 235 g/mol. The number of rotatable bonds is 2. The zero-order valence-corrected chi connectivity index (χ0v) is 9.07. The molecule has 1 aliphatic rings. The van der Waals surface area contributed by atoms with Crippen molar-refractivity contribution in [3.63, 3.8) is 0 Å². The zero-order valence-electron chi connectivity index (χ0n) is 8.25. The fourth-order valence-corrected chi connectivity index (χ4v) is 1.75. The standard InChI is InChI=1S/C10H9N3O2S/c14-8-4-2-1-3-7(8)5-11-13-10-12-9(15)6-16-10/h1-5,14H,6H2,(H,12,13,15)/b11-5+. The number of thioether (sulfide) groups is 1. The van der Waals surface area contributed by atoms with E-state index in [0.29, 0.717) is 16.5 Å². The maximum atomic E-state index is 10.8. The number of hydrogen-bond acceptors (Lipinski definition) is 5. The molecular formula is C10H9N3O2S. The Hall–Kier alpha value is -1.82. The lowest BCUT2D eigenvalue weighted by atomic mass is 10.2. The Kier molecular flexibility index (Phi) is 3.21. The van der Waals surface area contributed by atoms with Crippen LogP contribution >= 0.6 is 11.8 Å². The van der Waals surface area contributed by atoms with Gasteiger partial charge in [-0.3, -0.25) is 4.79 Å². The van der Waals surface area contributed by atoms with Crippen molar-refractivity contribution in [1.82, 2.24) is 5.32 Å². The lowest BCUT2D eigenvalue weighted by Gasteiger charge is -1.95. The lowest BCUT2D eigenvalue weighted by Crippen LogP contribution is -2.19. The molecule has 0 atom stereocenters. The summed E-state index contributed by atoms with van der Waals surface area (Å²) in [4.78, 5) is 10.8. The van der Waals surface area contributed by atoms with Crippen LogP contribution in [-0.2, 0) is 4.79 Å². The Balaban J connectivity index is 2.05. The Labute approximate surface area is 96.3 Å². The van der Waals surface area contributed by atoms with E-state index in [4.69, 9.17) is 0 Å². The molecule has 0 aliphatic carbocycles. The normalized spacial score (nSPS) is 18.2. The van der Waals surface area contributed by atoms with Gasteiger partial charge in [-0.25, -0.2) is 0 Å². The molecule has 1 saturated heterocycles. The molecule has 0 aromatic heterocycles. The van der Waals surface area contributed by atoms with Gasteiger partial charge in [0.1, 0.15) is 5.75 Å². The molecule has 82 valence electrons. The van der Waals surface area contributed by atoms with E-state index in [1.807, 2.05) is 0 Å². The topological polar surface area (TPSA) is 74.0 Å². The predicted octanol–water partition coefficient (Wildman–Crippen LogP) is 0.945. The molecule has 5 nitrogen and oxygen atoms in total. The summed E-state index contributed by atoms with van der Waals surface area (Å²) in [6, 6.07) is 6.81. The van der Waals surface area contributed by atoms with E-state index < -0.39 is 0 Å². The van der Waals surface area contributed by atoms with E-state index in [1.165, 1.54) is 18.0 Å². The average Bonchev–Trinajstić information content (AvgIpc) is 2.67. The van der Waals surface area contributed by atoms with Crippen LogP contribution in [0.25, 0.3) is 0 Å². The second kappa shape index (κ2) is 4.80. The van der Waals surface area contributed by atoms with Crippen molar-refractivity contribution in [2.45, 2.75) is 0 Å². The van der Waals surface area contributed by atoms with E-state index in [0.717, 1.165) is 0 Å². The number of phenols is 1. The smallest absolute Gasteiger partial charge is 0.236 e. The highest BCUT2D eigenvalue weighted by atomic mass is 32.2. The summed E-state index contributed by atoms with van der Waals surface area (Å²) in [7, 11) is 0. The second-order valence-corrected chi connectivity index (χ2v) is 4.01. The van der Waals surface area contributed by atoms with Gasteiger partial charge in [0.15, 0.2) is 5.17 Å². The molecule has 0 spiro atoms. The zero-order chi connectivity index (χ0) is 11.4. The third kappa shape index (κ3) is 2.60. The summed E-state index contributed by atoms with van der Waals surface area (Å²) in [5.41, 5.74) is 0.584. The number of carbonyl (C=O) groups is 1. The maximum absolute atomic E-state index is 10.8. The van der Waals surface area contributed by atoms with Gasteiger partial charge in [-0.2, -0.15) is 5.10 Å². The summed E-state index contributed by atoms with van der Waals surface area (Å²) >= 11 is 1.30. The maximum Gasteiger partial charge on any atom is 0.236 e. The van der Waals surface area contributed by atoms with Crippen molar-refractivity contribution in [3.05, 3.63) is 29.8 Å². The van der Waals surface area contributed by atoms with Crippen molar-refractivity contribution in [1.29, 1.82) is 0 Å². The highest BCUT2D eigenvalue weighted by Gasteiger charge is 2.15. The Morgan fingerprint density at radius 2 is 2.25 bits per heavy atom. The van der Waals surface area contributed by atoms with Gasteiger partial charge in [0.05, 0.1) is 12.0 Å². The molecular weight excluding hydrogens is 226 g/mol. The molecule has 1 amide bonds. The monoisotopic (exact) mass is 235 g/mol. The van der Waals surface area contributed by atoms with Gasteiger partial charge in [0, 0.05) is 5.56 Å². The first kappa shape index (κ1) is 10.7. The quantitative estimate of drug-likeness (QED) is 0.592. The molecule has 0 unspecified atom stereocenters. The van der Waals surface area contributed by atoms with Crippen molar-refractivity contribution >= 4 is 29.1 Å². The fraction of sp³-hybridized carbons (Fsp3) is 0.100. The van der Waals surface area contributed by atoms with Crippen molar-refractivity contribution in [2.24, 2.45) is 10.2 Å². The fourth-order valence-electron chi connectivity index (χ4n) is 1.12. The van der Waals surface area contributed by atoms with Crippen LogP contribution in [0.2, 0.25) is 0 Å². The molecule has 1 heterocycles. The molecule has 1 fully saturated rings. The van der Waals surface area contributed by atoms with Gasteiger partial charge < -0.3 is 10.4 Å². The number of nitrogens with zero attached hydrogens (tertiary/aromatic N) is 2. The highest BCUT2D eigenvalue weighted by molar-refractivity contribution is 8.15. The molecule has 1 aromatic carbocycles. The van der Waals surface area contributed by atoms with Crippen molar-refractivity contribution < 1.29 is 9.90 Å². The van der Waals surface area contributed by atoms with Crippen LogP contribution < -0.4 is 5.32 Å². The minimum absolute atomic E-state index is 0.0680. The number of benzene rings is 1. The van der Waals surface area contributed by atoms with Crippen LogP contribution in [0.3, 0.4) is 0 Å². The predicted molar refractivity (Wildman–Crippen MR) is 63.7 cm³/mol. The van der Waals surface area contributed by atoms with Gasteiger partial charge in [-0.1, -0.05) is 23.9 Å². The van der Waals surface area contributed by atoms with Gasteiger partial charge in [0.25, 0.3) is 0 Å². The number of aromatic hydroxyl groups is 1. The molecule has 2 rings (SSSR count). The minimum Gasteiger partial charge on any atom is -0.507 e. The van der Waals surface area contributed by atoms with Crippen LogP contribution in [0.1, 0.15) is 5.56 Å². The van der Waals surface area contributed by atoms with Gasteiger partial charge in [-0.15, -0.1) is 5.10 Å². The summed E-state index contributed by atoms with van der Waals surface area (Å²) in [6.07, 6.45) is 1.44. The lowest BCUT2D eigenvalue weighted by molar-refractivity contribution is -0.116. The van der Waals surface area contributed by atoms with E-state index in [2.05, 4.69) is 15.5 Å². The van der Waals surface area contributed by atoms with Crippen molar-refractivity contribution in [2.75, 3.05) is 5.75 Å². The first-order chi connectivity index (χ1) is 7.75. The molecule has 1 aromatic rings. The number of amides is 1. The van der Waals surface area contributed by atoms with E-state index in [1.54, 1.807) is 24.3 Å². The number of carbonyl (C=O) groups excluding carboxylic acids is 1. The third-order valence-corrected chi connectivity index (χ3v) is 2.73. The highest BCUT2D eigenvalue weighted by Crippen LogP contribution is 2.13. The summed E-state index contributed by atoms with van der Waals surface area (Å²) in [5, 5.41) is 20.1. The summed E-state index contributed by atoms with van der Waals surface area (Å²) in [6.45, 7) is 0. The third-order valence-electron chi connectivity index (χ3n) is 1.87. The molecule has 2 N–H and O–H groups in total. The number of para-hydroxylation sites is 1. The molecule has 1 aliphatic heterocycles. The Morgan fingerprint density at radius 3 is 2.94 bits per heavy atom. The van der Waals surface area contributed by atoms with Crippen LogP contribution in [0.4, 0.5) is 0 Å². The van der Waals surface area contributed by atoms with Crippen LogP contribution in [-0.4, -0.2) is 28.1 Å². The molecule has 0 radical (unpaired) electrons. The summed E-state index contributed by atoms with van der Waals surface area (Å²) in [5.74, 6) is 0.460. The molecule has 6 heteroatoms. The molecule has 0 bridgehead atoms. The first-order valence-corrected chi connectivity index (χ1v) is 5.56. The number of nitrogens with one attached hydrogen (secondary N) is 1. The van der Waals surface area contributed by atoms with Gasteiger partial charge >= 0.3 is 0 Å². The Morgan fingerprint density at radius 1 is 1.44 bits per heavy atom. The van der Waals surface area contributed by atoms with Gasteiger partial charge in [-0.05, 0) is 12.1 Å². The number of hydrogen-bond donors (Lipinski definition) is 2. The molecule has 16 heavy (non-hydrogen) atoms. The second-order valence-electron chi connectivity index (χ2n) is 3.05. The first-order valence-electron chi connectivity index (χ1n) is 4.57. The van der Waals surface area contributed by atoms with E-state index >= 15 is 0 Å². The van der Waals surface area contributed by atoms with Crippen LogP contribution in [0.5, 0.6) is 5.75 Å². The molecule has 0 saturated carbocycles. The van der Waals surface area contributed by atoms with E-state index in [9.17, 15) is 9.90 Å².